The van der Waals surface area contributed by atoms with Gasteiger partial charge in [0.25, 0.3) is 5.91 Å². The number of ether oxygens (including phenoxy) is 1. The molecule has 1 N–H and O–H groups in total. The zero-order valence-corrected chi connectivity index (χ0v) is 15.1. The topological polar surface area (TPSA) is 56.2 Å². The number of alkyl halides is 3. The van der Waals surface area contributed by atoms with E-state index >= 15 is 0 Å². The molecule has 0 spiro atoms. The van der Waals surface area contributed by atoms with Crippen molar-refractivity contribution in [2.45, 2.75) is 13.1 Å². The van der Waals surface area contributed by atoms with E-state index in [1.165, 1.54) is 12.1 Å². The third-order valence-electron chi connectivity index (χ3n) is 4.61. The predicted molar refractivity (Wildman–Crippen MR) is 97.9 cm³/mol. The zero-order chi connectivity index (χ0) is 20.1. The number of hydrogen-bond donors (Lipinski definition) is 1. The van der Waals surface area contributed by atoms with Crippen molar-refractivity contribution in [3.8, 4) is 28.1 Å². The highest BCUT2D eigenvalue weighted by Crippen LogP contribution is 2.39. The van der Waals surface area contributed by atoms with E-state index in [9.17, 15) is 18.0 Å². The molecule has 8 heteroatoms. The first kappa shape index (κ1) is 18.1. The lowest BCUT2D eigenvalue weighted by Gasteiger charge is -2.19. The Morgan fingerprint density at radius 2 is 1.79 bits per heavy atom. The molecule has 0 saturated carbocycles. The number of hydrogen-bond acceptors (Lipinski definition) is 3. The molecule has 0 saturated heterocycles. The fraction of sp³-hybridized carbons (Fsp3) is 0.200. The van der Waals surface area contributed by atoms with Crippen molar-refractivity contribution in [3.63, 3.8) is 0 Å². The predicted octanol–water partition coefficient (Wildman–Crippen LogP) is 4.41. The van der Waals surface area contributed by atoms with Gasteiger partial charge < -0.3 is 10.1 Å². The smallest absolute Gasteiger partial charge is 0.416 e. The summed E-state index contributed by atoms with van der Waals surface area (Å²) in [5.74, 6) is 0.326. The van der Waals surface area contributed by atoms with Gasteiger partial charge in [-0.25, -0.2) is 0 Å². The van der Waals surface area contributed by atoms with E-state index in [1.807, 2.05) is 6.07 Å². The molecule has 0 fully saturated rings. The summed E-state index contributed by atoms with van der Waals surface area (Å²) in [6, 6.07) is 10.4. The van der Waals surface area contributed by atoms with Crippen molar-refractivity contribution < 1.29 is 22.7 Å². The van der Waals surface area contributed by atoms with E-state index in [2.05, 4.69) is 10.4 Å². The Hall–Kier alpha value is -3.29. The fourth-order valence-corrected chi connectivity index (χ4v) is 3.39. The molecule has 5 nitrogen and oxygen atoms in total. The van der Waals surface area contributed by atoms with Crippen LogP contribution >= 0.6 is 0 Å². The highest BCUT2D eigenvalue weighted by molar-refractivity contribution is 5.96. The van der Waals surface area contributed by atoms with Crippen LogP contribution in [0.5, 0.6) is 5.75 Å². The fourth-order valence-electron chi connectivity index (χ4n) is 3.39. The number of nitrogens with one attached hydrogen (secondary N) is 1. The van der Waals surface area contributed by atoms with Gasteiger partial charge in [-0.3, -0.25) is 9.48 Å². The first-order chi connectivity index (χ1) is 13.2. The molecule has 0 aliphatic carbocycles. The summed E-state index contributed by atoms with van der Waals surface area (Å²) in [6.45, 7) is 1.77. The van der Waals surface area contributed by atoms with Crippen molar-refractivity contribution in [3.05, 3.63) is 53.7 Å². The molecular weight excluding hydrogens is 371 g/mol. The molecule has 1 aromatic heterocycles. The van der Waals surface area contributed by atoms with Gasteiger partial charge in [0.2, 0.25) is 0 Å². The maximum Gasteiger partial charge on any atom is 0.416 e. The Labute approximate surface area is 158 Å². The van der Waals surface area contributed by atoms with Gasteiger partial charge in [0.05, 0.1) is 22.6 Å². The van der Waals surface area contributed by atoms with Crippen LogP contribution in [0, 0.1) is 6.92 Å². The first-order valence-electron chi connectivity index (χ1n) is 8.52. The molecular formula is C20H16F3N3O2. The average molecular weight is 387 g/mol. The summed E-state index contributed by atoms with van der Waals surface area (Å²) < 4.78 is 45.7. The number of anilines is 1. The lowest BCUT2D eigenvalue weighted by atomic mass is 9.97. The third kappa shape index (κ3) is 3.11. The molecule has 0 radical (unpaired) electrons. The van der Waals surface area contributed by atoms with Gasteiger partial charge in [0.1, 0.15) is 5.75 Å². The number of amides is 1. The number of carbonyl (C=O) groups is 1. The number of fused-ring (bicyclic) bond motifs is 1. The minimum Gasteiger partial charge on any atom is -0.482 e. The monoisotopic (exact) mass is 387 g/mol. The summed E-state index contributed by atoms with van der Waals surface area (Å²) >= 11 is 0. The van der Waals surface area contributed by atoms with Gasteiger partial charge in [-0.15, -0.1) is 0 Å². The number of benzene rings is 2. The molecule has 2 heterocycles. The number of aryl methyl sites for hydroxylation is 2. The van der Waals surface area contributed by atoms with E-state index in [4.69, 9.17) is 4.74 Å². The molecule has 1 amide bonds. The molecule has 28 heavy (non-hydrogen) atoms. The van der Waals surface area contributed by atoms with Crippen LogP contribution in [-0.4, -0.2) is 22.3 Å². The number of aromatic nitrogens is 2. The van der Waals surface area contributed by atoms with Crippen LogP contribution in [0.3, 0.4) is 0 Å². The van der Waals surface area contributed by atoms with Gasteiger partial charge in [-0.1, -0.05) is 12.1 Å². The third-order valence-corrected chi connectivity index (χ3v) is 4.61. The Bertz CT molecular complexity index is 1070. The van der Waals surface area contributed by atoms with Crippen LogP contribution < -0.4 is 10.1 Å². The van der Waals surface area contributed by atoms with Gasteiger partial charge in [-0.2, -0.15) is 18.3 Å². The summed E-state index contributed by atoms with van der Waals surface area (Å²) in [7, 11) is 1.77. The average Bonchev–Trinajstić information content (AvgIpc) is 2.94. The molecule has 1 aliphatic heterocycles. The standard InChI is InChI=1S/C20H16F3N3O2/c1-11-18(12-3-6-14(7-4-12)20(21,22)23)19(26(2)25-11)13-5-8-16-15(9-13)24-17(27)10-28-16/h3-9H,10H2,1-2H3,(H,24,27). The van der Waals surface area contributed by atoms with Crippen LogP contribution in [0.2, 0.25) is 0 Å². The quantitative estimate of drug-likeness (QED) is 0.709. The van der Waals surface area contributed by atoms with Crippen LogP contribution in [0.4, 0.5) is 18.9 Å². The van der Waals surface area contributed by atoms with Crippen LogP contribution in [0.15, 0.2) is 42.5 Å². The maximum atomic E-state index is 12.9. The lowest BCUT2D eigenvalue weighted by molar-refractivity contribution is -0.137. The van der Waals surface area contributed by atoms with Crippen molar-refractivity contribution in [1.29, 1.82) is 0 Å². The highest BCUT2D eigenvalue weighted by Gasteiger charge is 2.30. The Morgan fingerprint density at radius 1 is 1.11 bits per heavy atom. The van der Waals surface area contributed by atoms with E-state index in [-0.39, 0.29) is 12.5 Å². The highest BCUT2D eigenvalue weighted by atomic mass is 19.4. The second kappa shape index (κ2) is 6.40. The van der Waals surface area contributed by atoms with Crippen LogP contribution in [0.1, 0.15) is 11.3 Å². The number of rotatable bonds is 2. The summed E-state index contributed by atoms with van der Waals surface area (Å²) in [5.41, 5.74) is 3.41. The minimum atomic E-state index is -4.39. The molecule has 2 aromatic carbocycles. The van der Waals surface area contributed by atoms with E-state index in [0.717, 1.165) is 29.0 Å². The van der Waals surface area contributed by atoms with Gasteiger partial charge in [0, 0.05) is 18.2 Å². The van der Waals surface area contributed by atoms with Crippen LogP contribution in [-0.2, 0) is 18.0 Å². The Balaban J connectivity index is 1.82. The number of nitrogens with zero attached hydrogens (tertiary/aromatic N) is 2. The molecule has 0 bridgehead atoms. The summed E-state index contributed by atoms with van der Waals surface area (Å²) in [5, 5.41) is 7.20. The molecule has 0 unspecified atom stereocenters. The van der Waals surface area contributed by atoms with Crippen molar-refractivity contribution in [2.24, 2.45) is 7.05 Å². The second-order valence-electron chi connectivity index (χ2n) is 6.56. The maximum absolute atomic E-state index is 12.9. The van der Waals surface area contributed by atoms with Crippen molar-refractivity contribution in [2.75, 3.05) is 11.9 Å². The largest absolute Gasteiger partial charge is 0.482 e. The lowest BCUT2D eigenvalue weighted by Crippen LogP contribution is -2.25. The van der Waals surface area contributed by atoms with Crippen molar-refractivity contribution >= 4 is 11.6 Å². The van der Waals surface area contributed by atoms with Crippen molar-refractivity contribution in [1.82, 2.24) is 9.78 Å². The minimum absolute atomic E-state index is 0.0338. The SMILES string of the molecule is Cc1nn(C)c(-c2ccc3c(c2)NC(=O)CO3)c1-c1ccc(C(F)(F)F)cc1. The van der Waals surface area contributed by atoms with Gasteiger partial charge >= 0.3 is 6.18 Å². The first-order valence-corrected chi connectivity index (χ1v) is 8.52. The Kier molecular flexibility index (Phi) is 4.14. The molecule has 3 aromatic rings. The van der Waals surface area contributed by atoms with Crippen LogP contribution in [0.25, 0.3) is 22.4 Å². The normalized spacial score (nSPS) is 13.7. The molecule has 144 valence electrons. The molecule has 1 aliphatic rings. The second-order valence-corrected chi connectivity index (χ2v) is 6.56. The summed E-state index contributed by atoms with van der Waals surface area (Å²) in [6.07, 6.45) is -4.39. The summed E-state index contributed by atoms with van der Waals surface area (Å²) in [4.78, 5) is 11.6. The Morgan fingerprint density at radius 3 is 2.46 bits per heavy atom. The van der Waals surface area contributed by atoms with E-state index < -0.39 is 11.7 Å². The molecule has 0 atom stereocenters. The van der Waals surface area contributed by atoms with E-state index in [1.54, 1.807) is 30.8 Å². The number of carbonyl (C=O) groups excluding carboxylic acids is 1. The zero-order valence-electron chi connectivity index (χ0n) is 15.1. The van der Waals surface area contributed by atoms with E-state index in [0.29, 0.717) is 22.7 Å². The van der Waals surface area contributed by atoms with Gasteiger partial charge in [-0.05, 0) is 42.8 Å². The van der Waals surface area contributed by atoms with Gasteiger partial charge in [0.15, 0.2) is 6.61 Å². The number of halogens is 3. The molecule has 4 rings (SSSR count).